The van der Waals surface area contributed by atoms with Gasteiger partial charge in [-0.15, -0.1) is 0 Å². The molecule has 0 saturated carbocycles. The summed E-state index contributed by atoms with van der Waals surface area (Å²) >= 11 is 2.14. The normalized spacial score (nSPS) is 11.2. The summed E-state index contributed by atoms with van der Waals surface area (Å²) in [6.45, 7) is 0. The summed E-state index contributed by atoms with van der Waals surface area (Å²) in [4.78, 5) is 2.21. The molecule has 106 valence electrons. The Balaban J connectivity index is 2.22. The van der Waals surface area contributed by atoms with Crippen molar-refractivity contribution in [3.05, 3.63) is 52.1 Å². The molecule has 0 aliphatic carbocycles. The lowest BCUT2D eigenvalue weighted by atomic mass is 10.3. The number of hydrogen-bond donors (Lipinski definition) is 1. The lowest BCUT2D eigenvalue weighted by molar-refractivity contribution is 0.601. The minimum atomic E-state index is -3.53. The molecule has 1 N–H and O–H groups in total. The first-order chi connectivity index (χ1) is 9.38. The van der Waals surface area contributed by atoms with E-state index in [-0.39, 0.29) is 4.90 Å². The zero-order valence-electron chi connectivity index (χ0n) is 11.2. The van der Waals surface area contributed by atoms with Crippen molar-refractivity contribution < 1.29 is 8.42 Å². The number of halogens is 1. The van der Waals surface area contributed by atoms with Gasteiger partial charge >= 0.3 is 0 Å². The van der Waals surface area contributed by atoms with Gasteiger partial charge in [0.25, 0.3) is 10.0 Å². The van der Waals surface area contributed by atoms with E-state index in [9.17, 15) is 8.42 Å². The summed E-state index contributed by atoms with van der Waals surface area (Å²) < 4.78 is 28.0. The van der Waals surface area contributed by atoms with Crippen molar-refractivity contribution in [2.24, 2.45) is 0 Å². The molecule has 2 aromatic carbocycles. The number of rotatable bonds is 4. The Morgan fingerprint density at radius 2 is 1.50 bits per heavy atom. The largest absolute Gasteiger partial charge is 0.378 e. The molecule has 0 bridgehead atoms. The van der Waals surface area contributed by atoms with E-state index in [1.54, 1.807) is 36.4 Å². The first-order valence-electron chi connectivity index (χ1n) is 5.94. The van der Waals surface area contributed by atoms with Crippen LogP contribution in [0.1, 0.15) is 0 Å². The molecule has 0 amide bonds. The minimum absolute atomic E-state index is 0.259. The van der Waals surface area contributed by atoms with Gasteiger partial charge < -0.3 is 4.90 Å². The van der Waals surface area contributed by atoms with Gasteiger partial charge in [0.05, 0.1) is 4.90 Å². The number of benzene rings is 2. The summed E-state index contributed by atoms with van der Waals surface area (Å²) in [5.41, 5.74) is 1.57. The fraction of sp³-hybridized carbons (Fsp3) is 0.143. The van der Waals surface area contributed by atoms with Crippen LogP contribution in [-0.4, -0.2) is 22.5 Å². The van der Waals surface area contributed by atoms with Crippen molar-refractivity contribution in [3.8, 4) is 0 Å². The highest BCUT2D eigenvalue weighted by molar-refractivity contribution is 14.1. The summed E-state index contributed by atoms with van der Waals surface area (Å²) in [5.74, 6) is 0. The van der Waals surface area contributed by atoms with E-state index in [2.05, 4.69) is 27.3 Å². The molecule has 0 radical (unpaired) electrons. The molecule has 2 rings (SSSR count). The molecular weight excluding hydrogens is 387 g/mol. The monoisotopic (exact) mass is 402 g/mol. The van der Waals surface area contributed by atoms with Crippen molar-refractivity contribution in [2.75, 3.05) is 23.7 Å². The topological polar surface area (TPSA) is 49.4 Å². The van der Waals surface area contributed by atoms with Crippen molar-refractivity contribution >= 4 is 44.0 Å². The second-order valence-electron chi connectivity index (χ2n) is 4.50. The number of nitrogens with zero attached hydrogens (tertiary/aromatic N) is 1. The average molecular weight is 402 g/mol. The third kappa shape index (κ3) is 3.63. The number of hydrogen-bond acceptors (Lipinski definition) is 3. The molecule has 0 aromatic heterocycles. The number of anilines is 2. The second-order valence-corrected chi connectivity index (χ2v) is 7.43. The molecule has 0 fully saturated rings. The smallest absolute Gasteiger partial charge is 0.261 e. The summed E-state index contributed by atoms with van der Waals surface area (Å²) in [6, 6.07) is 14.0. The third-order valence-electron chi connectivity index (χ3n) is 2.76. The van der Waals surface area contributed by atoms with Gasteiger partial charge in [-0.05, 0) is 71.1 Å². The molecule has 2 aromatic rings. The fourth-order valence-electron chi connectivity index (χ4n) is 1.66. The van der Waals surface area contributed by atoms with Crippen molar-refractivity contribution in [1.82, 2.24) is 0 Å². The summed E-state index contributed by atoms with van der Waals surface area (Å²) in [6.07, 6.45) is 0. The fourth-order valence-corrected chi connectivity index (χ4v) is 3.07. The predicted octanol–water partition coefficient (Wildman–Crippen LogP) is 3.16. The van der Waals surface area contributed by atoms with Crippen LogP contribution in [0.3, 0.4) is 0 Å². The molecule has 6 heteroatoms. The highest BCUT2D eigenvalue weighted by atomic mass is 127. The van der Waals surface area contributed by atoms with Gasteiger partial charge in [0.15, 0.2) is 0 Å². The van der Waals surface area contributed by atoms with Crippen LogP contribution < -0.4 is 9.62 Å². The number of sulfonamides is 1. The Hall–Kier alpha value is -1.28. The van der Waals surface area contributed by atoms with E-state index in [0.29, 0.717) is 5.69 Å². The molecule has 0 atom stereocenters. The first kappa shape index (κ1) is 15.1. The molecule has 0 saturated heterocycles. The Morgan fingerprint density at radius 3 is 2.00 bits per heavy atom. The molecule has 20 heavy (non-hydrogen) atoms. The van der Waals surface area contributed by atoms with Crippen LogP contribution >= 0.6 is 22.6 Å². The highest BCUT2D eigenvalue weighted by Gasteiger charge is 2.13. The van der Waals surface area contributed by atoms with E-state index in [4.69, 9.17) is 0 Å². The molecular formula is C14H15IN2O2S. The lowest BCUT2D eigenvalue weighted by Gasteiger charge is -2.13. The maximum absolute atomic E-state index is 12.2. The highest BCUT2D eigenvalue weighted by Crippen LogP contribution is 2.20. The van der Waals surface area contributed by atoms with Gasteiger partial charge in [0.1, 0.15) is 0 Å². The van der Waals surface area contributed by atoms with E-state index in [1.165, 1.54) is 0 Å². The van der Waals surface area contributed by atoms with Crippen molar-refractivity contribution in [1.29, 1.82) is 0 Å². The van der Waals surface area contributed by atoms with Crippen LogP contribution in [0.15, 0.2) is 53.4 Å². The van der Waals surface area contributed by atoms with E-state index >= 15 is 0 Å². The van der Waals surface area contributed by atoms with Gasteiger partial charge in [-0.3, -0.25) is 4.72 Å². The molecule has 0 spiro atoms. The van der Waals surface area contributed by atoms with E-state index in [1.807, 2.05) is 31.1 Å². The van der Waals surface area contributed by atoms with Gasteiger partial charge in [-0.25, -0.2) is 8.42 Å². The van der Waals surface area contributed by atoms with Crippen LogP contribution in [0, 0.1) is 3.57 Å². The van der Waals surface area contributed by atoms with Crippen LogP contribution in [0.4, 0.5) is 11.4 Å². The third-order valence-corrected chi connectivity index (χ3v) is 4.88. The minimum Gasteiger partial charge on any atom is -0.378 e. The van der Waals surface area contributed by atoms with Crippen LogP contribution in [0.25, 0.3) is 0 Å². The van der Waals surface area contributed by atoms with Gasteiger partial charge in [-0.2, -0.15) is 0 Å². The van der Waals surface area contributed by atoms with Crippen LogP contribution in [0.2, 0.25) is 0 Å². The second kappa shape index (κ2) is 6.01. The standard InChI is InChI=1S/C14H15IN2O2S/c1-17(2)13-7-5-12(6-8-13)16-20(18,19)14-9-3-11(15)4-10-14/h3-10,16H,1-2H3. The molecule has 0 heterocycles. The SMILES string of the molecule is CN(C)c1ccc(NS(=O)(=O)c2ccc(I)cc2)cc1. The Kier molecular flexibility index (Phi) is 4.54. The Morgan fingerprint density at radius 1 is 0.950 bits per heavy atom. The quantitative estimate of drug-likeness (QED) is 0.800. The Labute approximate surface area is 133 Å². The maximum Gasteiger partial charge on any atom is 0.261 e. The number of nitrogens with one attached hydrogen (secondary N) is 1. The van der Waals surface area contributed by atoms with E-state index in [0.717, 1.165) is 9.26 Å². The van der Waals surface area contributed by atoms with Gasteiger partial charge in [0.2, 0.25) is 0 Å². The molecule has 4 nitrogen and oxygen atoms in total. The van der Waals surface area contributed by atoms with Crippen LogP contribution in [0.5, 0.6) is 0 Å². The zero-order valence-corrected chi connectivity index (χ0v) is 14.1. The van der Waals surface area contributed by atoms with Crippen LogP contribution in [-0.2, 0) is 10.0 Å². The average Bonchev–Trinajstić information content (AvgIpc) is 2.39. The van der Waals surface area contributed by atoms with Crippen molar-refractivity contribution in [2.45, 2.75) is 4.90 Å². The van der Waals surface area contributed by atoms with E-state index < -0.39 is 10.0 Å². The van der Waals surface area contributed by atoms with Crippen molar-refractivity contribution in [3.63, 3.8) is 0 Å². The summed E-state index contributed by atoms with van der Waals surface area (Å²) in [7, 11) is 0.340. The van der Waals surface area contributed by atoms with Gasteiger partial charge in [0, 0.05) is 29.0 Å². The lowest BCUT2D eigenvalue weighted by Crippen LogP contribution is -2.13. The van der Waals surface area contributed by atoms with Gasteiger partial charge in [-0.1, -0.05) is 0 Å². The summed E-state index contributed by atoms with van der Waals surface area (Å²) in [5, 5.41) is 0. The Bertz CT molecular complexity index is 680. The molecule has 0 unspecified atom stereocenters. The predicted molar refractivity (Wildman–Crippen MR) is 90.7 cm³/mol. The molecule has 0 aliphatic rings. The maximum atomic E-state index is 12.2. The molecule has 0 aliphatic heterocycles. The zero-order chi connectivity index (χ0) is 14.8. The first-order valence-corrected chi connectivity index (χ1v) is 8.50.